The van der Waals surface area contributed by atoms with Crippen LogP contribution in [0.4, 0.5) is 8.78 Å². The maximum Gasteiger partial charge on any atom is 0.303 e. The van der Waals surface area contributed by atoms with E-state index in [-0.39, 0.29) is 13.0 Å². The first-order valence-corrected chi connectivity index (χ1v) is 4.30. The molecule has 0 unspecified atom stereocenters. The summed E-state index contributed by atoms with van der Waals surface area (Å²) in [6.45, 7) is 1.07. The summed E-state index contributed by atoms with van der Waals surface area (Å²) in [6, 6.07) is 0. The lowest BCUT2D eigenvalue weighted by atomic mass is 9.95. The van der Waals surface area contributed by atoms with Crippen molar-refractivity contribution in [2.75, 3.05) is 19.6 Å². The zero-order valence-electron chi connectivity index (χ0n) is 7.25. The van der Waals surface area contributed by atoms with Gasteiger partial charge in [0.2, 0.25) is 0 Å². The number of nitrogens with zero attached hydrogens (tertiary/aromatic N) is 1. The third-order valence-corrected chi connectivity index (χ3v) is 2.20. The van der Waals surface area contributed by atoms with E-state index in [0.29, 0.717) is 25.4 Å². The highest BCUT2D eigenvalue weighted by molar-refractivity contribution is 5.66. The summed E-state index contributed by atoms with van der Waals surface area (Å²) in [4.78, 5) is 11.8. The van der Waals surface area contributed by atoms with Crippen molar-refractivity contribution in [1.82, 2.24) is 4.90 Å². The van der Waals surface area contributed by atoms with Gasteiger partial charge in [0.05, 0.1) is 6.54 Å². The number of likely N-dealkylation sites (tertiary alicyclic amines) is 1. The fraction of sp³-hybridized carbons (Fsp3) is 0.875. The van der Waals surface area contributed by atoms with Crippen LogP contribution in [0.25, 0.3) is 0 Å². The largest absolute Gasteiger partial charge is 0.481 e. The second-order valence-corrected chi connectivity index (χ2v) is 3.41. The zero-order chi connectivity index (χ0) is 9.84. The predicted octanol–water partition coefficient (Wildman–Crippen LogP) is 1.05. The first kappa shape index (κ1) is 10.4. The predicted molar refractivity (Wildman–Crippen MR) is 42.8 cm³/mol. The van der Waals surface area contributed by atoms with Gasteiger partial charge >= 0.3 is 5.97 Å². The van der Waals surface area contributed by atoms with Gasteiger partial charge in [-0.3, -0.25) is 9.69 Å². The molecule has 0 aromatic rings. The Hall–Kier alpha value is -0.710. The van der Waals surface area contributed by atoms with Crippen LogP contribution in [0.15, 0.2) is 0 Å². The summed E-state index contributed by atoms with van der Waals surface area (Å²) < 4.78 is 23.6. The normalized spacial score (nSPS) is 19.0. The van der Waals surface area contributed by atoms with E-state index in [1.165, 1.54) is 0 Å². The van der Waals surface area contributed by atoms with E-state index >= 15 is 0 Å². The first-order chi connectivity index (χ1) is 6.08. The van der Waals surface area contributed by atoms with Crippen molar-refractivity contribution in [3.8, 4) is 0 Å². The first-order valence-electron chi connectivity index (χ1n) is 4.30. The van der Waals surface area contributed by atoms with Crippen molar-refractivity contribution in [1.29, 1.82) is 0 Å². The van der Waals surface area contributed by atoms with E-state index in [2.05, 4.69) is 0 Å². The molecular formula is C8H13F2NO2. The van der Waals surface area contributed by atoms with Gasteiger partial charge in [0, 0.05) is 19.5 Å². The molecule has 0 aliphatic carbocycles. The van der Waals surface area contributed by atoms with Crippen LogP contribution in [0.3, 0.4) is 0 Å². The van der Waals surface area contributed by atoms with Gasteiger partial charge in [0.25, 0.3) is 6.43 Å². The van der Waals surface area contributed by atoms with Crippen LogP contribution in [0.1, 0.15) is 12.8 Å². The topological polar surface area (TPSA) is 40.5 Å². The Balaban J connectivity index is 2.02. The molecule has 1 fully saturated rings. The number of carboxylic acids is 1. The molecule has 1 aliphatic rings. The molecule has 76 valence electrons. The molecule has 3 nitrogen and oxygen atoms in total. The number of hydrogen-bond acceptors (Lipinski definition) is 2. The fourth-order valence-electron chi connectivity index (χ4n) is 1.53. The molecule has 5 heteroatoms. The van der Waals surface area contributed by atoms with E-state index in [0.717, 1.165) is 0 Å². The molecule has 0 amide bonds. The smallest absolute Gasteiger partial charge is 0.303 e. The Morgan fingerprint density at radius 1 is 1.54 bits per heavy atom. The SMILES string of the molecule is O=C(O)CCC1CN(CC(F)F)C1. The van der Waals surface area contributed by atoms with Gasteiger partial charge in [0.15, 0.2) is 0 Å². The summed E-state index contributed by atoms with van der Waals surface area (Å²) in [5.41, 5.74) is 0. The second-order valence-electron chi connectivity index (χ2n) is 3.41. The average Bonchev–Trinajstić information content (AvgIpc) is 1.92. The van der Waals surface area contributed by atoms with E-state index in [9.17, 15) is 13.6 Å². The highest BCUT2D eigenvalue weighted by atomic mass is 19.3. The molecule has 0 bridgehead atoms. The van der Waals surface area contributed by atoms with Crippen molar-refractivity contribution in [2.45, 2.75) is 19.3 Å². The van der Waals surface area contributed by atoms with Gasteiger partial charge < -0.3 is 5.11 Å². The van der Waals surface area contributed by atoms with Crippen LogP contribution in [-0.4, -0.2) is 42.0 Å². The maximum absolute atomic E-state index is 11.8. The monoisotopic (exact) mass is 193 g/mol. The summed E-state index contributed by atoms with van der Waals surface area (Å²) in [5.74, 6) is -0.512. The van der Waals surface area contributed by atoms with Gasteiger partial charge in [-0.25, -0.2) is 8.78 Å². The molecule has 0 radical (unpaired) electrons. The zero-order valence-corrected chi connectivity index (χ0v) is 7.25. The third-order valence-electron chi connectivity index (χ3n) is 2.20. The number of hydrogen-bond donors (Lipinski definition) is 1. The van der Waals surface area contributed by atoms with Crippen LogP contribution in [0, 0.1) is 5.92 Å². The molecule has 0 aromatic carbocycles. The quantitative estimate of drug-likeness (QED) is 0.709. The van der Waals surface area contributed by atoms with Gasteiger partial charge in [0.1, 0.15) is 0 Å². The molecule has 0 saturated carbocycles. The van der Waals surface area contributed by atoms with Gasteiger partial charge in [-0.1, -0.05) is 0 Å². The van der Waals surface area contributed by atoms with Crippen molar-refractivity contribution >= 4 is 5.97 Å². The number of carboxylic acid groups (broad SMARTS) is 1. The van der Waals surface area contributed by atoms with Gasteiger partial charge in [-0.2, -0.15) is 0 Å². The lowest BCUT2D eigenvalue weighted by molar-refractivity contribution is -0.137. The third kappa shape index (κ3) is 3.67. The molecule has 0 spiro atoms. The maximum atomic E-state index is 11.8. The van der Waals surface area contributed by atoms with E-state index in [1.54, 1.807) is 4.90 Å². The van der Waals surface area contributed by atoms with E-state index < -0.39 is 12.4 Å². The minimum absolute atomic E-state index is 0.146. The summed E-state index contributed by atoms with van der Waals surface area (Å²) in [6.07, 6.45) is -1.53. The minimum atomic E-state index is -2.28. The molecular weight excluding hydrogens is 180 g/mol. The molecule has 1 rings (SSSR count). The van der Waals surface area contributed by atoms with Crippen molar-refractivity contribution < 1.29 is 18.7 Å². The summed E-state index contributed by atoms with van der Waals surface area (Å²) >= 11 is 0. The minimum Gasteiger partial charge on any atom is -0.481 e. The molecule has 1 heterocycles. The highest BCUT2D eigenvalue weighted by Gasteiger charge is 2.28. The van der Waals surface area contributed by atoms with Crippen LogP contribution in [-0.2, 0) is 4.79 Å². The van der Waals surface area contributed by atoms with Crippen molar-refractivity contribution in [3.05, 3.63) is 0 Å². The van der Waals surface area contributed by atoms with Gasteiger partial charge in [-0.15, -0.1) is 0 Å². The lowest BCUT2D eigenvalue weighted by Crippen LogP contribution is -2.48. The van der Waals surface area contributed by atoms with Crippen LogP contribution in [0.5, 0.6) is 0 Å². The van der Waals surface area contributed by atoms with E-state index in [4.69, 9.17) is 5.11 Å². The molecule has 0 aromatic heterocycles. The molecule has 13 heavy (non-hydrogen) atoms. The number of alkyl halides is 2. The Bertz CT molecular complexity index is 181. The van der Waals surface area contributed by atoms with Gasteiger partial charge in [-0.05, 0) is 12.3 Å². The Kier molecular flexibility index (Phi) is 3.59. The summed E-state index contributed by atoms with van der Waals surface area (Å²) in [7, 11) is 0. The number of aliphatic carboxylic acids is 1. The van der Waals surface area contributed by atoms with Crippen LogP contribution in [0.2, 0.25) is 0 Å². The van der Waals surface area contributed by atoms with Crippen LogP contribution < -0.4 is 0 Å². The molecule has 1 N–H and O–H groups in total. The Morgan fingerprint density at radius 3 is 2.62 bits per heavy atom. The Morgan fingerprint density at radius 2 is 2.15 bits per heavy atom. The molecule has 1 saturated heterocycles. The van der Waals surface area contributed by atoms with Crippen LogP contribution >= 0.6 is 0 Å². The molecule has 0 atom stereocenters. The van der Waals surface area contributed by atoms with Crippen molar-refractivity contribution in [3.63, 3.8) is 0 Å². The van der Waals surface area contributed by atoms with Crippen molar-refractivity contribution in [2.24, 2.45) is 5.92 Å². The second kappa shape index (κ2) is 4.50. The number of rotatable bonds is 5. The fourth-order valence-corrected chi connectivity index (χ4v) is 1.53. The lowest BCUT2D eigenvalue weighted by Gasteiger charge is -2.38. The standard InChI is InChI=1S/C8H13F2NO2/c9-7(10)5-11-3-6(4-11)1-2-8(12)13/h6-7H,1-5H2,(H,12,13). The van der Waals surface area contributed by atoms with E-state index in [1.807, 2.05) is 0 Å². The highest BCUT2D eigenvalue weighted by Crippen LogP contribution is 2.20. The number of carbonyl (C=O) groups is 1. The number of halogens is 2. The Labute approximate surface area is 75.3 Å². The summed E-state index contributed by atoms with van der Waals surface area (Å²) in [5, 5.41) is 8.36. The average molecular weight is 193 g/mol. The molecule has 1 aliphatic heterocycles.